The smallest absolute Gasteiger partial charge is 0.114 e. The van der Waals surface area contributed by atoms with Gasteiger partial charge in [-0.25, -0.2) is 0 Å². The maximum absolute atomic E-state index is 9.33. The van der Waals surface area contributed by atoms with Crippen LogP contribution in [0.1, 0.15) is 11.1 Å². The summed E-state index contributed by atoms with van der Waals surface area (Å²) in [6.07, 6.45) is 1.59. The van der Waals surface area contributed by atoms with Crippen molar-refractivity contribution in [2.45, 2.75) is 18.4 Å². The van der Waals surface area contributed by atoms with Gasteiger partial charge in [0.15, 0.2) is 0 Å². The van der Waals surface area contributed by atoms with E-state index in [0.29, 0.717) is 6.61 Å². The Morgan fingerprint density at radius 2 is 2.00 bits per heavy atom. The average molecular weight is 216 g/mol. The zero-order valence-electron chi connectivity index (χ0n) is 9.49. The molecule has 0 saturated heterocycles. The first-order valence-corrected chi connectivity index (χ1v) is 5.52. The van der Waals surface area contributed by atoms with Gasteiger partial charge in [0.25, 0.3) is 0 Å². The molecular weight excluding hydrogens is 200 g/mol. The number of hydrogen-bond donors (Lipinski definition) is 1. The quantitative estimate of drug-likeness (QED) is 0.771. The van der Waals surface area contributed by atoms with E-state index in [1.807, 2.05) is 12.1 Å². The highest BCUT2D eigenvalue weighted by molar-refractivity contribution is 5.39. The van der Waals surface area contributed by atoms with Gasteiger partial charge in [0.2, 0.25) is 0 Å². The normalized spacial score (nSPS) is 16.8. The van der Waals surface area contributed by atoms with E-state index in [1.165, 1.54) is 11.1 Å². The molecule has 1 aromatic carbocycles. The Labute approximate surface area is 96.0 Å². The van der Waals surface area contributed by atoms with E-state index in [0.717, 1.165) is 19.4 Å². The fourth-order valence-electron chi connectivity index (χ4n) is 2.25. The number of fused-ring (bicyclic) bond motifs is 1. The van der Waals surface area contributed by atoms with Gasteiger partial charge in [0.05, 0.1) is 12.7 Å². The standard InChI is InChI=1S/C13H16N2O/c1-16-7-6-15-13(10-14)8-11-4-2-3-5-12(11)9-13/h2-5,15H,6-9H2,1H3. The molecule has 0 unspecified atom stereocenters. The van der Waals surface area contributed by atoms with E-state index in [4.69, 9.17) is 4.74 Å². The third-order valence-corrected chi connectivity index (χ3v) is 3.09. The number of hydrogen-bond acceptors (Lipinski definition) is 3. The van der Waals surface area contributed by atoms with Crippen LogP contribution in [-0.2, 0) is 17.6 Å². The average Bonchev–Trinajstić information content (AvgIpc) is 2.68. The highest BCUT2D eigenvalue weighted by atomic mass is 16.5. The summed E-state index contributed by atoms with van der Waals surface area (Å²) in [6, 6.07) is 10.7. The molecule has 84 valence electrons. The molecule has 3 nitrogen and oxygen atoms in total. The minimum absolute atomic E-state index is 0.428. The van der Waals surface area contributed by atoms with Crippen LogP contribution < -0.4 is 5.32 Å². The summed E-state index contributed by atoms with van der Waals surface area (Å²) in [7, 11) is 1.67. The molecule has 1 N–H and O–H groups in total. The minimum atomic E-state index is -0.428. The molecule has 0 radical (unpaired) electrons. The first-order chi connectivity index (χ1) is 7.79. The van der Waals surface area contributed by atoms with Crippen LogP contribution in [0.15, 0.2) is 24.3 Å². The van der Waals surface area contributed by atoms with Crippen molar-refractivity contribution in [3.63, 3.8) is 0 Å². The molecule has 1 aliphatic rings. The Morgan fingerprint density at radius 1 is 1.38 bits per heavy atom. The Hall–Kier alpha value is -1.37. The summed E-state index contributed by atoms with van der Waals surface area (Å²) in [5.41, 5.74) is 2.14. The largest absolute Gasteiger partial charge is 0.383 e. The Morgan fingerprint density at radius 3 is 2.50 bits per heavy atom. The van der Waals surface area contributed by atoms with Gasteiger partial charge in [-0.1, -0.05) is 24.3 Å². The van der Waals surface area contributed by atoms with Gasteiger partial charge in [-0.2, -0.15) is 5.26 Å². The van der Waals surface area contributed by atoms with E-state index in [9.17, 15) is 5.26 Å². The van der Waals surface area contributed by atoms with Crippen molar-refractivity contribution in [2.24, 2.45) is 0 Å². The maximum Gasteiger partial charge on any atom is 0.114 e. The summed E-state index contributed by atoms with van der Waals surface area (Å²) in [5.74, 6) is 0. The first kappa shape index (κ1) is 11.1. The monoisotopic (exact) mass is 216 g/mol. The predicted molar refractivity (Wildman–Crippen MR) is 62.1 cm³/mol. The molecular formula is C13H16N2O. The van der Waals surface area contributed by atoms with Gasteiger partial charge >= 0.3 is 0 Å². The second-order valence-corrected chi connectivity index (χ2v) is 4.24. The molecule has 0 fully saturated rings. The number of nitriles is 1. The van der Waals surface area contributed by atoms with Crippen molar-refractivity contribution >= 4 is 0 Å². The van der Waals surface area contributed by atoms with Gasteiger partial charge < -0.3 is 4.74 Å². The summed E-state index contributed by atoms with van der Waals surface area (Å²) < 4.78 is 5.00. The second-order valence-electron chi connectivity index (χ2n) is 4.24. The van der Waals surface area contributed by atoms with Crippen molar-refractivity contribution in [3.05, 3.63) is 35.4 Å². The molecule has 2 rings (SSSR count). The maximum atomic E-state index is 9.33. The lowest BCUT2D eigenvalue weighted by Gasteiger charge is -2.21. The molecule has 1 aromatic rings. The molecule has 0 amide bonds. The third-order valence-electron chi connectivity index (χ3n) is 3.09. The minimum Gasteiger partial charge on any atom is -0.383 e. The summed E-state index contributed by atoms with van der Waals surface area (Å²) in [6.45, 7) is 1.36. The van der Waals surface area contributed by atoms with Crippen LogP contribution in [0.2, 0.25) is 0 Å². The van der Waals surface area contributed by atoms with Gasteiger partial charge in [-0.3, -0.25) is 5.32 Å². The Bertz CT molecular complexity index is 384. The summed E-state index contributed by atoms with van der Waals surface area (Å²) >= 11 is 0. The summed E-state index contributed by atoms with van der Waals surface area (Å²) in [5, 5.41) is 12.6. The predicted octanol–water partition coefficient (Wildman–Crippen LogP) is 1.28. The van der Waals surface area contributed by atoms with Crippen LogP contribution in [0.3, 0.4) is 0 Å². The van der Waals surface area contributed by atoms with Crippen molar-refractivity contribution in [1.29, 1.82) is 5.26 Å². The lowest BCUT2D eigenvalue weighted by atomic mass is 9.98. The van der Waals surface area contributed by atoms with Crippen molar-refractivity contribution in [3.8, 4) is 6.07 Å². The van der Waals surface area contributed by atoms with Gasteiger partial charge in [-0.05, 0) is 11.1 Å². The van der Waals surface area contributed by atoms with E-state index in [-0.39, 0.29) is 0 Å². The zero-order chi connectivity index (χ0) is 11.4. The molecule has 0 saturated carbocycles. The molecule has 1 aliphatic carbocycles. The van der Waals surface area contributed by atoms with Gasteiger partial charge in [0.1, 0.15) is 5.54 Å². The molecule has 0 aromatic heterocycles. The van der Waals surface area contributed by atoms with E-state index >= 15 is 0 Å². The number of benzene rings is 1. The van der Waals surface area contributed by atoms with Crippen LogP contribution in [0.4, 0.5) is 0 Å². The lowest BCUT2D eigenvalue weighted by Crippen LogP contribution is -2.46. The summed E-state index contributed by atoms with van der Waals surface area (Å²) in [4.78, 5) is 0. The van der Waals surface area contributed by atoms with Crippen LogP contribution in [0, 0.1) is 11.3 Å². The zero-order valence-corrected chi connectivity index (χ0v) is 9.49. The van der Waals surface area contributed by atoms with Crippen LogP contribution >= 0.6 is 0 Å². The van der Waals surface area contributed by atoms with Crippen LogP contribution in [0.25, 0.3) is 0 Å². The van der Waals surface area contributed by atoms with Crippen molar-refractivity contribution in [2.75, 3.05) is 20.3 Å². The molecule has 0 bridgehead atoms. The second kappa shape index (κ2) is 4.65. The molecule has 0 spiro atoms. The number of methoxy groups -OCH3 is 1. The highest BCUT2D eigenvalue weighted by Gasteiger charge is 2.36. The Balaban J connectivity index is 2.08. The van der Waals surface area contributed by atoms with E-state index < -0.39 is 5.54 Å². The first-order valence-electron chi connectivity index (χ1n) is 5.52. The fourth-order valence-corrected chi connectivity index (χ4v) is 2.25. The van der Waals surface area contributed by atoms with Crippen molar-refractivity contribution < 1.29 is 4.74 Å². The highest BCUT2D eigenvalue weighted by Crippen LogP contribution is 2.29. The number of ether oxygens (including phenoxy) is 1. The number of nitrogens with one attached hydrogen (secondary N) is 1. The Kier molecular flexibility index (Phi) is 3.23. The van der Waals surface area contributed by atoms with E-state index in [1.54, 1.807) is 7.11 Å². The molecule has 3 heteroatoms. The third kappa shape index (κ3) is 2.08. The molecule has 0 heterocycles. The fraction of sp³-hybridized carbons (Fsp3) is 0.462. The number of nitrogens with zero attached hydrogens (tertiary/aromatic N) is 1. The lowest BCUT2D eigenvalue weighted by molar-refractivity contribution is 0.191. The molecule has 0 aliphatic heterocycles. The van der Waals surface area contributed by atoms with Gasteiger partial charge in [-0.15, -0.1) is 0 Å². The van der Waals surface area contributed by atoms with E-state index in [2.05, 4.69) is 23.5 Å². The molecule has 0 atom stereocenters. The van der Waals surface area contributed by atoms with Gasteiger partial charge in [0, 0.05) is 26.5 Å². The van der Waals surface area contributed by atoms with Crippen molar-refractivity contribution in [1.82, 2.24) is 5.32 Å². The van der Waals surface area contributed by atoms with Crippen LogP contribution in [0.5, 0.6) is 0 Å². The molecule has 16 heavy (non-hydrogen) atoms. The number of rotatable bonds is 4. The van der Waals surface area contributed by atoms with Crippen LogP contribution in [-0.4, -0.2) is 25.8 Å². The topological polar surface area (TPSA) is 45.0 Å². The SMILES string of the molecule is COCCNC1(C#N)Cc2ccccc2C1.